The zero-order chi connectivity index (χ0) is 14.5. The topological polar surface area (TPSA) is 12.0 Å². The predicted molar refractivity (Wildman–Crippen MR) is 83.0 cm³/mol. The molecule has 1 nitrogen and oxygen atoms in total. The summed E-state index contributed by atoms with van der Waals surface area (Å²) in [6.07, 6.45) is 0.658. The highest BCUT2D eigenvalue weighted by atomic mass is 35.5. The van der Waals surface area contributed by atoms with Gasteiger partial charge in [0.2, 0.25) is 0 Å². The summed E-state index contributed by atoms with van der Waals surface area (Å²) in [5.41, 5.74) is 1.60. The van der Waals surface area contributed by atoms with Crippen LogP contribution in [-0.2, 0) is 6.42 Å². The van der Waals surface area contributed by atoms with Crippen molar-refractivity contribution in [2.24, 2.45) is 0 Å². The van der Waals surface area contributed by atoms with Gasteiger partial charge in [-0.15, -0.1) is 0 Å². The minimum Gasteiger partial charge on any atom is -0.310 e. The first-order valence-corrected chi connectivity index (χ1v) is 7.29. The number of rotatable bonds is 5. The molecule has 0 fully saturated rings. The Morgan fingerprint density at radius 2 is 1.80 bits per heavy atom. The molecule has 2 rings (SSSR count). The summed E-state index contributed by atoms with van der Waals surface area (Å²) in [6, 6.07) is 12.2. The van der Waals surface area contributed by atoms with E-state index < -0.39 is 0 Å². The highest BCUT2D eigenvalue weighted by molar-refractivity contribution is 6.31. The molecule has 0 bridgehead atoms. The van der Waals surface area contributed by atoms with E-state index in [1.807, 2.05) is 31.2 Å². The van der Waals surface area contributed by atoms with E-state index in [-0.39, 0.29) is 11.9 Å². The molecule has 0 aliphatic carbocycles. The summed E-state index contributed by atoms with van der Waals surface area (Å²) in [7, 11) is 0. The van der Waals surface area contributed by atoms with Gasteiger partial charge in [0.05, 0.1) is 0 Å². The van der Waals surface area contributed by atoms with Gasteiger partial charge in [0.1, 0.15) is 5.82 Å². The van der Waals surface area contributed by atoms with Crippen molar-refractivity contribution >= 4 is 23.2 Å². The van der Waals surface area contributed by atoms with Crippen molar-refractivity contribution < 1.29 is 4.39 Å². The summed E-state index contributed by atoms with van der Waals surface area (Å²) in [5.74, 6) is -0.280. The summed E-state index contributed by atoms with van der Waals surface area (Å²) < 4.78 is 14.0. The number of benzene rings is 2. The molecule has 20 heavy (non-hydrogen) atoms. The third-order valence-corrected chi connectivity index (χ3v) is 3.73. The Kier molecular flexibility index (Phi) is 5.41. The molecule has 1 N–H and O–H groups in total. The van der Waals surface area contributed by atoms with Gasteiger partial charge < -0.3 is 5.32 Å². The van der Waals surface area contributed by atoms with Gasteiger partial charge in [0.15, 0.2) is 0 Å². The van der Waals surface area contributed by atoms with E-state index in [2.05, 4.69) is 5.32 Å². The van der Waals surface area contributed by atoms with E-state index in [1.165, 1.54) is 6.07 Å². The van der Waals surface area contributed by atoms with Crippen LogP contribution in [0.3, 0.4) is 0 Å². The van der Waals surface area contributed by atoms with Crippen LogP contribution in [0.2, 0.25) is 10.0 Å². The molecule has 2 aromatic carbocycles. The van der Waals surface area contributed by atoms with Crippen molar-refractivity contribution in [2.45, 2.75) is 19.4 Å². The minimum atomic E-state index is -0.280. The number of hydrogen-bond donors (Lipinski definition) is 1. The highest BCUT2D eigenvalue weighted by Gasteiger charge is 2.18. The Morgan fingerprint density at radius 1 is 1.10 bits per heavy atom. The molecule has 0 heterocycles. The zero-order valence-electron chi connectivity index (χ0n) is 11.2. The minimum absolute atomic E-state index is 0.158. The molecule has 0 saturated carbocycles. The van der Waals surface area contributed by atoms with Crippen molar-refractivity contribution in [1.29, 1.82) is 0 Å². The molecule has 1 unspecified atom stereocenters. The molecular weight excluding hydrogens is 296 g/mol. The van der Waals surface area contributed by atoms with Crippen molar-refractivity contribution in [3.63, 3.8) is 0 Å². The lowest BCUT2D eigenvalue weighted by molar-refractivity contribution is 0.510. The van der Waals surface area contributed by atoms with Gasteiger partial charge in [-0.25, -0.2) is 4.39 Å². The molecule has 0 aromatic heterocycles. The fourth-order valence-electron chi connectivity index (χ4n) is 2.22. The quantitative estimate of drug-likeness (QED) is 0.817. The van der Waals surface area contributed by atoms with E-state index >= 15 is 0 Å². The number of nitrogens with one attached hydrogen (secondary N) is 1. The van der Waals surface area contributed by atoms with Gasteiger partial charge in [0.25, 0.3) is 0 Å². The van der Waals surface area contributed by atoms with Gasteiger partial charge in [-0.1, -0.05) is 48.3 Å². The number of likely N-dealkylation sites (N-methyl/N-ethyl adjacent to an activating group) is 1. The van der Waals surface area contributed by atoms with Crippen molar-refractivity contribution in [1.82, 2.24) is 5.32 Å². The van der Waals surface area contributed by atoms with Crippen LogP contribution >= 0.6 is 23.2 Å². The van der Waals surface area contributed by atoms with Crippen molar-refractivity contribution in [2.75, 3.05) is 6.54 Å². The first kappa shape index (κ1) is 15.3. The van der Waals surface area contributed by atoms with E-state index in [1.54, 1.807) is 12.1 Å². The molecule has 2 aromatic rings. The van der Waals surface area contributed by atoms with E-state index in [9.17, 15) is 4.39 Å². The maximum atomic E-state index is 14.0. The average Bonchev–Trinajstić information content (AvgIpc) is 2.41. The number of hydrogen-bond acceptors (Lipinski definition) is 1. The van der Waals surface area contributed by atoms with Crippen LogP contribution in [0.5, 0.6) is 0 Å². The Morgan fingerprint density at radius 3 is 2.40 bits per heavy atom. The molecule has 0 radical (unpaired) electrons. The molecule has 106 valence electrons. The summed E-state index contributed by atoms with van der Waals surface area (Å²) in [4.78, 5) is 0. The lowest BCUT2D eigenvalue weighted by atomic mass is 9.98. The normalized spacial score (nSPS) is 12.4. The lowest BCUT2D eigenvalue weighted by Crippen LogP contribution is -2.24. The first-order chi connectivity index (χ1) is 9.61. The van der Waals surface area contributed by atoms with E-state index in [4.69, 9.17) is 23.2 Å². The average molecular weight is 312 g/mol. The first-order valence-electron chi connectivity index (χ1n) is 6.53. The van der Waals surface area contributed by atoms with Gasteiger partial charge >= 0.3 is 0 Å². The molecule has 1 atom stereocenters. The maximum absolute atomic E-state index is 14.0. The second-order valence-electron chi connectivity index (χ2n) is 4.58. The third-order valence-electron chi connectivity index (χ3n) is 3.15. The fraction of sp³-hybridized carbons (Fsp3) is 0.250. The second kappa shape index (κ2) is 7.07. The van der Waals surface area contributed by atoms with Crippen molar-refractivity contribution in [3.05, 3.63) is 69.5 Å². The molecule has 0 amide bonds. The Hall–Kier alpha value is -1.09. The van der Waals surface area contributed by atoms with Crippen LogP contribution in [0.4, 0.5) is 4.39 Å². The Balaban J connectivity index is 2.29. The SMILES string of the molecule is CCNC(Cc1ccc(Cl)cc1)c1c(F)cccc1Cl. The maximum Gasteiger partial charge on any atom is 0.129 e. The van der Waals surface area contributed by atoms with Gasteiger partial charge in [-0.3, -0.25) is 0 Å². The molecule has 0 spiro atoms. The zero-order valence-corrected chi connectivity index (χ0v) is 12.7. The largest absolute Gasteiger partial charge is 0.310 e. The Labute approximate surface area is 128 Å². The van der Waals surface area contributed by atoms with Crippen LogP contribution < -0.4 is 5.32 Å². The number of halogens is 3. The molecule has 0 aliphatic rings. The van der Waals surface area contributed by atoms with Crippen LogP contribution in [0, 0.1) is 5.82 Å². The summed E-state index contributed by atoms with van der Waals surface area (Å²) >= 11 is 12.0. The van der Waals surface area contributed by atoms with Crippen LogP contribution in [0.15, 0.2) is 42.5 Å². The predicted octanol–water partition coefficient (Wildman–Crippen LogP) is 5.03. The summed E-state index contributed by atoms with van der Waals surface area (Å²) in [6.45, 7) is 2.73. The van der Waals surface area contributed by atoms with E-state index in [0.29, 0.717) is 22.0 Å². The van der Waals surface area contributed by atoms with Crippen LogP contribution in [0.1, 0.15) is 24.1 Å². The van der Waals surface area contributed by atoms with Crippen LogP contribution in [-0.4, -0.2) is 6.54 Å². The summed E-state index contributed by atoms with van der Waals surface area (Å²) in [5, 5.41) is 4.43. The molecular formula is C16H16Cl2FN. The molecule has 4 heteroatoms. The lowest BCUT2D eigenvalue weighted by Gasteiger charge is -2.20. The van der Waals surface area contributed by atoms with Gasteiger partial charge in [-0.05, 0) is 42.8 Å². The Bertz CT molecular complexity index is 549. The molecule has 0 aliphatic heterocycles. The molecule has 0 saturated heterocycles. The van der Waals surface area contributed by atoms with Crippen LogP contribution in [0.25, 0.3) is 0 Å². The fourth-order valence-corrected chi connectivity index (χ4v) is 2.64. The monoisotopic (exact) mass is 311 g/mol. The smallest absolute Gasteiger partial charge is 0.129 e. The highest BCUT2D eigenvalue weighted by Crippen LogP contribution is 2.28. The van der Waals surface area contributed by atoms with E-state index in [0.717, 1.165) is 12.1 Å². The second-order valence-corrected chi connectivity index (χ2v) is 5.42. The van der Waals surface area contributed by atoms with Gasteiger partial charge in [0, 0.05) is 21.7 Å². The standard InChI is InChI=1S/C16H16Cl2FN/c1-2-20-15(10-11-6-8-12(17)9-7-11)16-13(18)4-3-5-14(16)19/h3-9,15,20H,2,10H2,1H3. The van der Waals surface area contributed by atoms with Crippen molar-refractivity contribution in [3.8, 4) is 0 Å². The third kappa shape index (κ3) is 3.72. The van der Waals surface area contributed by atoms with Gasteiger partial charge in [-0.2, -0.15) is 0 Å².